The lowest BCUT2D eigenvalue weighted by atomic mass is 9.80. The van der Waals surface area contributed by atoms with Crippen LogP contribution in [-0.4, -0.2) is 83.6 Å². The first-order chi connectivity index (χ1) is 21.6. The highest BCUT2D eigenvalue weighted by molar-refractivity contribution is 7.92. The van der Waals surface area contributed by atoms with Crippen molar-refractivity contribution in [3.63, 3.8) is 0 Å². The minimum Gasteiger partial charge on any atom is -0.363 e. The highest BCUT2D eigenvalue weighted by Crippen LogP contribution is 2.35. The molecule has 4 atom stereocenters. The van der Waals surface area contributed by atoms with Crippen LogP contribution < -0.4 is 21.7 Å². The van der Waals surface area contributed by atoms with Crippen LogP contribution in [0.5, 0.6) is 0 Å². The molecule has 1 aliphatic heterocycles. The summed E-state index contributed by atoms with van der Waals surface area (Å²) in [6.45, 7) is 14.7. The van der Waals surface area contributed by atoms with Crippen LogP contribution in [-0.2, 0) is 29.0 Å². The predicted octanol–water partition coefficient (Wildman–Crippen LogP) is 3.22. The largest absolute Gasteiger partial charge is 0.363 e. The van der Waals surface area contributed by atoms with Gasteiger partial charge in [-0.2, -0.15) is 0 Å². The molecule has 0 aromatic carbocycles. The van der Waals surface area contributed by atoms with E-state index in [0.717, 1.165) is 38.5 Å². The van der Waals surface area contributed by atoms with Crippen LogP contribution in [0.3, 0.4) is 0 Å². The second-order valence-corrected chi connectivity index (χ2v) is 19.4. The Morgan fingerprint density at radius 2 is 1.51 bits per heavy atom. The van der Waals surface area contributed by atoms with Crippen molar-refractivity contribution in [2.24, 2.45) is 28.9 Å². The maximum Gasteiger partial charge on any atom is 0.315 e. The number of sulfone groups is 1. The third-order valence-corrected chi connectivity index (χ3v) is 13.3. The quantitative estimate of drug-likeness (QED) is 0.228. The normalized spacial score (nSPS) is 23.4. The lowest BCUT2D eigenvalue weighted by Gasteiger charge is -2.41. The van der Waals surface area contributed by atoms with Crippen molar-refractivity contribution in [3.8, 4) is 0 Å². The van der Waals surface area contributed by atoms with Gasteiger partial charge >= 0.3 is 6.03 Å². The van der Waals surface area contributed by atoms with Crippen LogP contribution in [0.15, 0.2) is 0 Å². The zero-order valence-corrected chi connectivity index (χ0v) is 30.6. The summed E-state index contributed by atoms with van der Waals surface area (Å²) in [6, 6.07) is -3.63. The van der Waals surface area contributed by atoms with E-state index >= 15 is 0 Å². The molecular weight excluding hydrogens is 622 g/mol. The standard InChI is InChI=1S/C34H59N5O7S/c1-21(2)23-18-25(29(42)36-24(26(40)28(35)41)17-22-13-12-14-22)39(19-23)30(43)27(32(3,4)5)37-31(44)38-34(15-10-9-11-16-34)20-47(45,46)33(6,7)8/h21-25,27H,9-20H2,1-8H3,(H2,35,41)(H,36,42)(H2,37,38,44). The topological polar surface area (TPSA) is 185 Å². The van der Waals surface area contributed by atoms with Gasteiger partial charge in [0, 0.05) is 6.54 Å². The highest BCUT2D eigenvalue weighted by atomic mass is 32.2. The molecule has 12 nitrogen and oxygen atoms in total. The van der Waals surface area contributed by atoms with Gasteiger partial charge in [-0.05, 0) is 69.6 Å². The number of nitrogens with two attached hydrogens (primary N) is 1. The van der Waals surface area contributed by atoms with Gasteiger partial charge in [-0.15, -0.1) is 0 Å². The first-order valence-corrected chi connectivity index (χ1v) is 19.0. The Bertz CT molecular complexity index is 1290. The van der Waals surface area contributed by atoms with Crippen molar-refractivity contribution in [1.29, 1.82) is 0 Å². The van der Waals surface area contributed by atoms with Crippen LogP contribution in [0.1, 0.15) is 120 Å². The van der Waals surface area contributed by atoms with E-state index in [2.05, 4.69) is 16.0 Å². The molecule has 4 unspecified atom stereocenters. The van der Waals surface area contributed by atoms with Crippen molar-refractivity contribution < 1.29 is 32.4 Å². The molecule has 13 heteroatoms. The summed E-state index contributed by atoms with van der Waals surface area (Å²) in [5.74, 6) is -2.75. The number of nitrogens with zero attached hydrogens (tertiary/aromatic N) is 1. The molecule has 0 aromatic heterocycles. The number of hydrogen-bond donors (Lipinski definition) is 4. The van der Waals surface area contributed by atoms with Crippen molar-refractivity contribution in [3.05, 3.63) is 0 Å². The van der Waals surface area contributed by atoms with Gasteiger partial charge < -0.3 is 26.6 Å². The fraction of sp³-hybridized carbons (Fsp3) is 0.853. The zero-order chi connectivity index (χ0) is 35.5. The molecule has 268 valence electrons. The number of amides is 5. The molecule has 0 aromatic rings. The average molecular weight is 682 g/mol. The Hall–Kier alpha value is -2.70. The number of carbonyl (C=O) groups excluding carboxylic acids is 5. The molecule has 1 heterocycles. The number of urea groups is 1. The van der Waals surface area contributed by atoms with Gasteiger partial charge in [-0.3, -0.25) is 19.2 Å². The number of likely N-dealkylation sites (tertiary alicyclic amines) is 1. The second-order valence-electron chi connectivity index (χ2n) is 16.7. The summed E-state index contributed by atoms with van der Waals surface area (Å²) in [5.41, 5.74) is 3.60. The Kier molecular flexibility index (Phi) is 12.2. The first-order valence-electron chi connectivity index (χ1n) is 17.3. The molecular formula is C34H59N5O7S. The average Bonchev–Trinajstić information content (AvgIpc) is 3.37. The summed E-state index contributed by atoms with van der Waals surface area (Å²) in [6.07, 6.45) is 7.07. The SMILES string of the molecule is CC(C)C1CC(C(=O)NC(CC2CCC2)C(=O)C(N)=O)N(C(=O)C(NC(=O)NC2(CS(=O)(=O)C(C)(C)C)CCCCC2)C(C)(C)C)C1. The summed E-state index contributed by atoms with van der Waals surface area (Å²) < 4.78 is 25.6. The number of primary amides is 1. The lowest BCUT2D eigenvalue weighted by molar-refractivity contribution is -0.143. The molecule has 5 N–H and O–H groups in total. The van der Waals surface area contributed by atoms with E-state index in [4.69, 9.17) is 5.73 Å². The third kappa shape index (κ3) is 9.69. The molecule has 2 saturated carbocycles. The van der Waals surface area contributed by atoms with Crippen LogP contribution in [0.4, 0.5) is 4.79 Å². The summed E-state index contributed by atoms with van der Waals surface area (Å²) in [4.78, 5) is 67.9. The van der Waals surface area contributed by atoms with E-state index in [1.54, 1.807) is 20.8 Å². The van der Waals surface area contributed by atoms with Crippen molar-refractivity contribution in [2.45, 2.75) is 148 Å². The number of carbonyl (C=O) groups is 5. The molecule has 5 amide bonds. The molecule has 0 bridgehead atoms. The van der Waals surface area contributed by atoms with Gasteiger partial charge in [0.25, 0.3) is 5.91 Å². The number of hydrogen-bond acceptors (Lipinski definition) is 7. The first kappa shape index (κ1) is 38.7. The van der Waals surface area contributed by atoms with Gasteiger partial charge in [0.05, 0.1) is 22.1 Å². The third-order valence-electron chi connectivity index (χ3n) is 10.5. The van der Waals surface area contributed by atoms with Crippen molar-refractivity contribution in [1.82, 2.24) is 20.9 Å². The summed E-state index contributed by atoms with van der Waals surface area (Å²) in [7, 11) is -3.56. The fourth-order valence-electron chi connectivity index (χ4n) is 6.91. The number of ketones is 1. The van der Waals surface area contributed by atoms with Gasteiger partial charge in [-0.1, -0.05) is 73.1 Å². The Balaban J connectivity index is 1.85. The Labute approximate surface area is 281 Å². The molecule has 47 heavy (non-hydrogen) atoms. The second kappa shape index (κ2) is 14.8. The maximum absolute atomic E-state index is 14.4. The van der Waals surface area contributed by atoms with Crippen LogP contribution in [0, 0.1) is 23.2 Å². The number of nitrogens with one attached hydrogen (secondary N) is 3. The molecule has 3 fully saturated rings. The van der Waals surface area contributed by atoms with Gasteiger partial charge in [0.1, 0.15) is 12.1 Å². The fourth-order valence-corrected chi connectivity index (χ4v) is 8.43. The van der Waals surface area contributed by atoms with Gasteiger partial charge in [-0.25, -0.2) is 13.2 Å². The monoisotopic (exact) mass is 681 g/mol. The zero-order valence-electron chi connectivity index (χ0n) is 29.7. The Morgan fingerprint density at radius 1 is 0.915 bits per heavy atom. The molecule has 3 aliphatic rings. The molecule has 1 saturated heterocycles. The van der Waals surface area contributed by atoms with Gasteiger partial charge in [0.2, 0.25) is 17.6 Å². The molecule has 0 radical (unpaired) electrons. The van der Waals surface area contributed by atoms with Crippen LogP contribution in [0.25, 0.3) is 0 Å². The molecule has 3 rings (SSSR count). The van der Waals surface area contributed by atoms with E-state index in [-0.39, 0.29) is 30.1 Å². The van der Waals surface area contributed by atoms with Crippen molar-refractivity contribution in [2.75, 3.05) is 12.3 Å². The molecule has 2 aliphatic carbocycles. The van der Waals surface area contributed by atoms with Crippen LogP contribution >= 0.6 is 0 Å². The number of Topliss-reactive ketones (excluding diaryl/α,β-unsaturated/α-hetero) is 1. The van der Waals surface area contributed by atoms with E-state index in [1.807, 2.05) is 34.6 Å². The minimum absolute atomic E-state index is 0.00539. The summed E-state index contributed by atoms with van der Waals surface area (Å²) >= 11 is 0. The van der Waals surface area contributed by atoms with E-state index in [0.29, 0.717) is 25.7 Å². The minimum atomic E-state index is -3.56. The summed E-state index contributed by atoms with van der Waals surface area (Å²) in [5, 5.41) is 8.61. The smallest absolute Gasteiger partial charge is 0.315 e. The van der Waals surface area contributed by atoms with E-state index in [9.17, 15) is 32.4 Å². The van der Waals surface area contributed by atoms with Crippen molar-refractivity contribution >= 4 is 39.4 Å². The number of rotatable bonds is 12. The highest BCUT2D eigenvalue weighted by Gasteiger charge is 2.47. The van der Waals surface area contributed by atoms with Crippen LogP contribution in [0.2, 0.25) is 0 Å². The van der Waals surface area contributed by atoms with E-state index < -0.39 is 73.2 Å². The maximum atomic E-state index is 14.4. The van der Waals surface area contributed by atoms with E-state index in [1.165, 1.54) is 4.90 Å². The Morgan fingerprint density at radius 3 is 1.98 bits per heavy atom. The predicted molar refractivity (Wildman–Crippen MR) is 181 cm³/mol. The lowest BCUT2D eigenvalue weighted by Crippen LogP contribution is -2.63. The van der Waals surface area contributed by atoms with Gasteiger partial charge in [0.15, 0.2) is 9.84 Å². The molecule has 0 spiro atoms.